The second-order valence-corrected chi connectivity index (χ2v) is 3.71. The lowest BCUT2D eigenvalue weighted by atomic mass is 11.1. The largest absolute Gasteiger partial charge is 0.516 e. The molecule has 4 nitrogen and oxygen atoms in total. The zero-order chi connectivity index (χ0) is 9.99. The molecule has 2 N–H and O–H groups in total. The fourth-order valence-corrected chi connectivity index (χ4v) is 1.02. The van der Waals surface area contributed by atoms with E-state index in [9.17, 15) is 21.6 Å². The van der Waals surface area contributed by atoms with Crippen LogP contribution in [0.25, 0.3) is 0 Å². The van der Waals surface area contributed by atoms with E-state index in [1.165, 1.54) is 7.05 Å². The van der Waals surface area contributed by atoms with E-state index in [2.05, 4.69) is 12.2 Å². The highest BCUT2D eigenvalue weighted by Gasteiger charge is 2.46. The molecule has 12 heavy (non-hydrogen) atoms. The van der Waals surface area contributed by atoms with E-state index in [0.717, 1.165) is 4.72 Å². The highest BCUT2D eigenvalue weighted by atomic mass is 32.2. The van der Waals surface area contributed by atoms with Crippen molar-refractivity contribution in [2.45, 2.75) is 5.51 Å². The molecular weight excluding hydrogens is 217 g/mol. The van der Waals surface area contributed by atoms with Crippen LogP contribution in [0, 0.1) is 0 Å². The van der Waals surface area contributed by atoms with Gasteiger partial charge in [0.15, 0.2) is 5.11 Å². The van der Waals surface area contributed by atoms with Crippen LogP contribution in [0.5, 0.6) is 0 Å². The van der Waals surface area contributed by atoms with Crippen molar-refractivity contribution >= 4 is 27.4 Å². The van der Waals surface area contributed by atoms with Crippen LogP contribution < -0.4 is 10.0 Å². The minimum Gasteiger partial charge on any atom is -0.365 e. The van der Waals surface area contributed by atoms with Crippen molar-refractivity contribution in [1.29, 1.82) is 0 Å². The number of alkyl halides is 3. The first kappa shape index (κ1) is 11.4. The van der Waals surface area contributed by atoms with E-state index >= 15 is 0 Å². The number of hydrogen-bond acceptors (Lipinski definition) is 3. The summed E-state index contributed by atoms with van der Waals surface area (Å²) in [4.78, 5) is 0. The molecule has 0 amide bonds. The number of halogens is 3. The predicted octanol–water partition coefficient (Wildman–Crippen LogP) is -0.0701. The molecule has 0 unspecified atom stereocenters. The summed E-state index contributed by atoms with van der Waals surface area (Å²) in [5.74, 6) is 0. The van der Waals surface area contributed by atoms with Gasteiger partial charge < -0.3 is 5.32 Å². The second-order valence-electron chi connectivity index (χ2n) is 1.63. The highest BCUT2D eigenvalue weighted by molar-refractivity contribution is 7.92. The summed E-state index contributed by atoms with van der Waals surface area (Å²) in [6, 6.07) is 0. The third kappa shape index (κ3) is 2.81. The predicted molar refractivity (Wildman–Crippen MR) is 39.8 cm³/mol. The van der Waals surface area contributed by atoms with Gasteiger partial charge in [0.05, 0.1) is 0 Å². The van der Waals surface area contributed by atoms with Gasteiger partial charge in [0.1, 0.15) is 0 Å². The maximum Gasteiger partial charge on any atom is 0.516 e. The van der Waals surface area contributed by atoms with Gasteiger partial charge in [-0.25, -0.2) is 0 Å². The Hall–Kier alpha value is -0.570. The number of hydrogen-bond donors (Lipinski definition) is 2. The Kier molecular flexibility index (Phi) is 3.27. The summed E-state index contributed by atoms with van der Waals surface area (Å²) in [6.45, 7) is 0. The van der Waals surface area contributed by atoms with Crippen molar-refractivity contribution in [2.75, 3.05) is 7.05 Å². The smallest absolute Gasteiger partial charge is 0.365 e. The summed E-state index contributed by atoms with van der Waals surface area (Å²) in [5.41, 5.74) is -5.34. The Morgan fingerprint density at radius 2 is 1.83 bits per heavy atom. The molecule has 0 spiro atoms. The molecule has 0 atom stereocenters. The van der Waals surface area contributed by atoms with Gasteiger partial charge in [-0.3, -0.25) is 4.72 Å². The maximum absolute atomic E-state index is 11.6. The molecule has 0 saturated heterocycles. The molecule has 0 saturated carbocycles. The molecule has 0 bridgehead atoms. The van der Waals surface area contributed by atoms with Crippen molar-refractivity contribution in [2.24, 2.45) is 0 Å². The lowest BCUT2D eigenvalue weighted by molar-refractivity contribution is -0.0442. The summed E-state index contributed by atoms with van der Waals surface area (Å²) >= 11 is 4.17. The van der Waals surface area contributed by atoms with Crippen molar-refractivity contribution in [1.82, 2.24) is 10.0 Å². The second kappa shape index (κ2) is 3.44. The Balaban J connectivity index is 4.58. The monoisotopic (exact) mass is 222 g/mol. The van der Waals surface area contributed by atoms with Gasteiger partial charge >= 0.3 is 15.5 Å². The third-order valence-corrected chi connectivity index (χ3v) is 2.28. The molecule has 0 rings (SSSR count). The standard InChI is InChI=1S/C3H5F3N2O2S2/c1-7-2(11)8-12(9,10)3(4,5)6/h1H3,(H2,7,8,11). The van der Waals surface area contributed by atoms with Gasteiger partial charge in [-0.2, -0.15) is 21.6 Å². The molecule has 0 radical (unpaired) electrons. The van der Waals surface area contributed by atoms with E-state index in [0.29, 0.717) is 0 Å². The Morgan fingerprint density at radius 3 is 2.08 bits per heavy atom. The molecular formula is C3H5F3N2O2S2. The molecule has 72 valence electrons. The van der Waals surface area contributed by atoms with Crippen molar-refractivity contribution < 1.29 is 21.6 Å². The summed E-state index contributed by atoms with van der Waals surface area (Å²) in [7, 11) is -4.17. The van der Waals surface area contributed by atoms with Gasteiger partial charge in [-0.1, -0.05) is 0 Å². The topological polar surface area (TPSA) is 58.2 Å². The van der Waals surface area contributed by atoms with Gasteiger partial charge in [0.2, 0.25) is 0 Å². The van der Waals surface area contributed by atoms with Gasteiger partial charge in [0.25, 0.3) is 0 Å². The SMILES string of the molecule is CNC(=S)NS(=O)(=O)C(F)(F)F. The number of sulfonamides is 1. The van der Waals surface area contributed by atoms with E-state index in [4.69, 9.17) is 0 Å². The van der Waals surface area contributed by atoms with Gasteiger partial charge in [-0.05, 0) is 12.2 Å². The first-order chi connectivity index (χ1) is 5.20. The molecule has 0 aliphatic carbocycles. The minimum absolute atomic E-state index is 0.604. The van der Waals surface area contributed by atoms with Crippen molar-refractivity contribution in [3.05, 3.63) is 0 Å². The minimum atomic E-state index is -5.36. The van der Waals surface area contributed by atoms with Crippen LogP contribution in [0.15, 0.2) is 0 Å². The van der Waals surface area contributed by atoms with Crippen molar-refractivity contribution in [3.8, 4) is 0 Å². The molecule has 0 aromatic rings. The third-order valence-electron chi connectivity index (χ3n) is 0.759. The lowest BCUT2D eigenvalue weighted by Crippen LogP contribution is -2.43. The van der Waals surface area contributed by atoms with Crippen LogP contribution in [-0.2, 0) is 10.0 Å². The maximum atomic E-state index is 11.6. The fraction of sp³-hybridized carbons (Fsp3) is 0.667. The molecule has 0 aromatic heterocycles. The first-order valence-electron chi connectivity index (χ1n) is 2.51. The number of nitrogens with one attached hydrogen (secondary N) is 2. The van der Waals surface area contributed by atoms with Crippen LogP contribution >= 0.6 is 12.2 Å². The van der Waals surface area contributed by atoms with Crippen LogP contribution in [0.1, 0.15) is 0 Å². The van der Waals surface area contributed by atoms with E-state index in [-0.39, 0.29) is 0 Å². The van der Waals surface area contributed by atoms with Gasteiger partial charge in [-0.15, -0.1) is 0 Å². The number of thiocarbonyl (C=S) groups is 1. The van der Waals surface area contributed by atoms with Crippen LogP contribution in [0.3, 0.4) is 0 Å². The molecule has 0 aliphatic rings. The van der Waals surface area contributed by atoms with Crippen LogP contribution in [0.4, 0.5) is 13.2 Å². The normalized spacial score (nSPS) is 12.3. The zero-order valence-electron chi connectivity index (χ0n) is 5.77. The number of rotatable bonds is 1. The zero-order valence-corrected chi connectivity index (χ0v) is 7.40. The molecule has 0 fully saturated rings. The summed E-state index contributed by atoms with van der Waals surface area (Å²) < 4.78 is 56.4. The Labute approximate surface area is 72.2 Å². The molecule has 0 aliphatic heterocycles. The molecule has 9 heteroatoms. The molecule has 0 heterocycles. The quantitative estimate of drug-likeness (QED) is 0.610. The van der Waals surface area contributed by atoms with Crippen molar-refractivity contribution in [3.63, 3.8) is 0 Å². The summed E-state index contributed by atoms with van der Waals surface area (Å²) in [6.07, 6.45) is 0. The van der Waals surface area contributed by atoms with E-state index in [1.54, 1.807) is 0 Å². The highest BCUT2D eigenvalue weighted by Crippen LogP contribution is 2.21. The first-order valence-corrected chi connectivity index (χ1v) is 4.40. The van der Waals surface area contributed by atoms with Crippen LogP contribution in [0.2, 0.25) is 0 Å². The fourth-order valence-electron chi connectivity index (χ4n) is 0.231. The lowest BCUT2D eigenvalue weighted by Gasteiger charge is -2.09. The van der Waals surface area contributed by atoms with E-state index < -0.39 is 20.6 Å². The average Bonchev–Trinajstić information content (AvgIpc) is 1.84. The average molecular weight is 222 g/mol. The Morgan fingerprint density at radius 1 is 1.42 bits per heavy atom. The van der Waals surface area contributed by atoms with Crippen LogP contribution in [-0.4, -0.2) is 26.1 Å². The van der Waals surface area contributed by atoms with Gasteiger partial charge in [0, 0.05) is 7.05 Å². The summed E-state index contributed by atoms with van der Waals surface area (Å²) in [5, 5.41) is 1.43. The van der Waals surface area contributed by atoms with E-state index in [1.807, 2.05) is 5.32 Å². The Bertz CT molecular complexity index is 270. The molecule has 0 aromatic carbocycles.